The zero-order valence-corrected chi connectivity index (χ0v) is 13.5. The van der Waals surface area contributed by atoms with Gasteiger partial charge >= 0.3 is 5.97 Å². The summed E-state index contributed by atoms with van der Waals surface area (Å²) in [6.45, 7) is 2.18. The van der Waals surface area contributed by atoms with Crippen LogP contribution in [0.3, 0.4) is 0 Å². The van der Waals surface area contributed by atoms with Gasteiger partial charge in [-0.05, 0) is 25.2 Å². The highest BCUT2D eigenvalue weighted by molar-refractivity contribution is 7.18. The molecule has 1 atom stereocenters. The minimum absolute atomic E-state index is 0.225. The van der Waals surface area contributed by atoms with Crippen LogP contribution in [0.5, 0.6) is 0 Å². The molecule has 1 aromatic heterocycles. The number of ether oxygens (including phenoxy) is 1. The number of rotatable bonds is 5. The number of esters is 1. The lowest BCUT2D eigenvalue weighted by molar-refractivity contribution is 0.0606. The SMILES string of the molecule is CCC(Nc1nc(Cl)c(C(=O)OC)s1)C1CCCCC1. The molecule has 0 amide bonds. The maximum atomic E-state index is 11.5. The van der Waals surface area contributed by atoms with Crippen molar-refractivity contribution < 1.29 is 9.53 Å². The molecule has 1 aliphatic rings. The smallest absolute Gasteiger partial charge is 0.351 e. The molecule has 1 aliphatic carbocycles. The zero-order chi connectivity index (χ0) is 14.5. The van der Waals surface area contributed by atoms with E-state index < -0.39 is 5.97 Å². The van der Waals surface area contributed by atoms with Crippen molar-refractivity contribution in [2.24, 2.45) is 5.92 Å². The third kappa shape index (κ3) is 3.64. The highest BCUT2D eigenvalue weighted by atomic mass is 35.5. The van der Waals surface area contributed by atoms with Crippen molar-refractivity contribution >= 4 is 34.0 Å². The topological polar surface area (TPSA) is 51.2 Å². The van der Waals surface area contributed by atoms with Gasteiger partial charge in [0.1, 0.15) is 0 Å². The van der Waals surface area contributed by atoms with Crippen LogP contribution in [0.4, 0.5) is 5.13 Å². The highest BCUT2D eigenvalue weighted by Gasteiger charge is 2.24. The Morgan fingerprint density at radius 1 is 1.50 bits per heavy atom. The Bertz CT molecular complexity index is 458. The summed E-state index contributed by atoms with van der Waals surface area (Å²) in [5.74, 6) is 0.268. The second-order valence-electron chi connectivity index (χ2n) is 5.19. The molecule has 0 saturated heterocycles. The third-order valence-electron chi connectivity index (χ3n) is 3.92. The summed E-state index contributed by atoms with van der Waals surface area (Å²) >= 11 is 7.26. The molecule has 1 saturated carbocycles. The van der Waals surface area contributed by atoms with Crippen LogP contribution in [-0.2, 0) is 4.74 Å². The van der Waals surface area contributed by atoms with Crippen LogP contribution in [0.2, 0.25) is 5.15 Å². The van der Waals surface area contributed by atoms with Gasteiger partial charge in [0, 0.05) is 6.04 Å². The van der Waals surface area contributed by atoms with Crippen molar-refractivity contribution in [3.05, 3.63) is 10.0 Å². The predicted molar refractivity (Wildman–Crippen MR) is 82.7 cm³/mol. The second-order valence-corrected chi connectivity index (χ2v) is 6.54. The molecule has 4 nitrogen and oxygen atoms in total. The molecule has 1 fully saturated rings. The van der Waals surface area contributed by atoms with E-state index in [0.29, 0.717) is 22.0 Å². The number of hydrogen-bond acceptors (Lipinski definition) is 5. The molecule has 1 unspecified atom stereocenters. The van der Waals surface area contributed by atoms with Crippen LogP contribution in [0.1, 0.15) is 55.1 Å². The summed E-state index contributed by atoms with van der Waals surface area (Å²) in [6, 6.07) is 0.406. The summed E-state index contributed by atoms with van der Waals surface area (Å²) < 4.78 is 4.70. The summed E-state index contributed by atoms with van der Waals surface area (Å²) in [5.41, 5.74) is 0. The quantitative estimate of drug-likeness (QED) is 0.820. The first kappa shape index (κ1) is 15.6. The second kappa shape index (κ2) is 7.27. The van der Waals surface area contributed by atoms with Gasteiger partial charge in [-0.1, -0.05) is 49.1 Å². The molecule has 0 radical (unpaired) electrons. The van der Waals surface area contributed by atoms with Gasteiger partial charge < -0.3 is 10.1 Å². The minimum atomic E-state index is -0.425. The summed E-state index contributed by atoms with van der Waals surface area (Å²) in [4.78, 5) is 16.1. The summed E-state index contributed by atoms with van der Waals surface area (Å²) in [6.07, 6.45) is 7.57. The Hall–Kier alpha value is -0.810. The maximum Gasteiger partial charge on any atom is 0.351 e. The lowest BCUT2D eigenvalue weighted by Gasteiger charge is -2.30. The predicted octanol–water partition coefficient (Wildman–Crippen LogP) is 4.35. The highest BCUT2D eigenvalue weighted by Crippen LogP contribution is 2.32. The van der Waals surface area contributed by atoms with Gasteiger partial charge in [-0.25, -0.2) is 9.78 Å². The lowest BCUT2D eigenvalue weighted by atomic mass is 9.83. The van der Waals surface area contributed by atoms with E-state index in [1.807, 2.05) is 0 Å². The molecule has 1 heterocycles. The Kier molecular flexibility index (Phi) is 5.66. The molecule has 112 valence electrons. The van der Waals surface area contributed by atoms with Gasteiger partial charge in [-0.15, -0.1) is 0 Å². The summed E-state index contributed by atoms with van der Waals surface area (Å²) in [5, 5.41) is 4.39. The lowest BCUT2D eigenvalue weighted by Crippen LogP contribution is -2.30. The van der Waals surface area contributed by atoms with E-state index in [-0.39, 0.29) is 5.15 Å². The van der Waals surface area contributed by atoms with Crippen molar-refractivity contribution in [1.29, 1.82) is 0 Å². The number of hydrogen-bond donors (Lipinski definition) is 1. The first-order valence-electron chi connectivity index (χ1n) is 7.16. The van der Waals surface area contributed by atoms with Gasteiger partial charge in [0.05, 0.1) is 7.11 Å². The molecule has 0 aliphatic heterocycles. The van der Waals surface area contributed by atoms with E-state index in [1.54, 1.807) is 0 Å². The molecule has 2 rings (SSSR count). The first-order valence-corrected chi connectivity index (χ1v) is 8.36. The van der Waals surface area contributed by atoms with Gasteiger partial charge in [-0.2, -0.15) is 0 Å². The number of anilines is 1. The van der Waals surface area contributed by atoms with Crippen LogP contribution >= 0.6 is 22.9 Å². The van der Waals surface area contributed by atoms with Crippen LogP contribution in [0.15, 0.2) is 0 Å². The van der Waals surface area contributed by atoms with Crippen molar-refractivity contribution in [3.63, 3.8) is 0 Å². The number of methoxy groups -OCH3 is 1. The van der Waals surface area contributed by atoms with E-state index in [4.69, 9.17) is 16.3 Å². The van der Waals surface area contributed by atoms with Crippen molar-refractivity contribution in [3.8, 4) is 0 Å². The molecule has 20 heavy (non-hydrogen) atoms. The van der Waals surface area contributed by atoms with Crippen LogP contribution in [-0.4, -0.2) is 24.1 Å². The molecular weight excluding hydrogens is 296 g/mol. The maximum absolute atomic E-state index is 11.5. The number of nitrogens with one attached hydrogen (secondary N) is 1. The van der Waals surface area contributed by atoms with Gasteiger partial charge in [-0.3, -0.25) is 0 Å². The largest absolute Gasteiger partial charge is 0.465 e. The van der Waals surface area contributed by atoms with Crippen LogP contribution < -0.4 is 5.32 Å². The molecular formula is C14H21ClN2O2S. The summed E-state index contributed by atoms with van der Waals surface area (Å²) in [7, 11) is 1.35. The van der Waals surface area contributed by atoms with Crippen molar-refractivity contribution in [2.75, 3.05) is 12.4 Å². The standard InChI is InChI=1S/C14H21ClN2O2S/c1-3-10(9-7-5-4-6-8-9)16-14-17-12(15)11(20-14)13(18)19-2/h9-10H,3-8H2,1-2H3,(H,16,17). The van der Waals surface area contributed by atoms with Gasteiger partial charge in [0.15, 0.2) is 15.2 Å². The normalized spacial score (nSPS) is 17.8. The number of aromatic nitrogens is 1. The molecule has 1 aromatic rings. The molecule has 0 bridgehead atoms. The average molecular weight is 317 g/mol. The third-order valence-corrected chi connectivity index (χ3v) is 5.28. The monoisotopic (exact) mass is 316 g/mol. The fraction of sp³-hybridized carbons (Fsp3) is 0.714. The van der Waals surface area contributed by atoms with E-state index in [2.05, 4.69) is 17.2 Å². The fourth-order valence-corrected chi connectivity index (χ4v) is 3.99. The van der Waals surface area contributed by atoms with Crippen LogP contribution in [0.25, 0.3) is 0 Å². The van der Waals surface area contributed by atoms with E-state index in [9.17, 15) is 4.79 Å². The Morgan fingerprint density at radius 2 is 2.20 bits per heavy atom. The van der Waals surface area contributed by atoms with Gasteiger partial charge in [0.25, 0.3) is 0 Å². The van der Waals surface area contributed by atoms with E-state index >= 15 is 0 Å². The van der Waals surface area contributed by atoms with E-state index in [1.165, 1.54) is 50.6 Å². The molecule has 0 spiro atoms. The number of carbonyl (C=O) groups excluding carboxylic acids is 1. The minimum Gasteiger partial charge on any atom is -0.465 e. The Morgan fingerprint density at radius 3 is 2.80 bits per heavy atom. The number of carbonyl (C=O) groups is 1. The Labute approximate surface area is 128 Å². The molecule has 1 N–H and O–H groups in total. The number of thiazole rings is 1. The Balaban J connectivity index is 2.05. The zero-order valence-electron chi connectivity index (χ0n) is 11.9. The molecule has 6 heteroatoms. The first-order chi connectivity index (χ1) is 9.65. The fourth-order valence-electron chi connectivity index (χ4n) is 2.83. The van der Waals surface area contributed by atoms with Crippen molar-refractivity contribution in [1.82, 2.24) is 4.98 Å². The number of halogens is 1. The molecule has 0 aromatic carbocycles. The number of nitrogens with zero attached hydrogens (tertiary/aromatic N) is 1. The van der Waals surface area contributed by atoms with Crippen LogP contribution in [0, 0.1) is 5.92 Å². The van der Waals surface area contributed by atoms with E-state index in [0.717, 1.165) is 6.42 Å². The average Bonchev–Trinajstić information content (AvgIpc) is 2.85. The van der Waals surface area contributed by atoms with Crippen molar-refractivity contribution in [2.45, 2.75) is 51.5 Å². The van der Waals surface area contributed by atoms with Gasteiger partial charge in [0.2, 0.25) is 0 Å².